The molecule has 0 bridgehead atoms. The molecular weight excluding hydrogens is 601 g/mol. The number of amides is 1. The van der Waals surface area contributed by atoms with Gasteiger partial charge in [0.15, 0.2) is 8.32 Å². The number of rotatable bonds is 13. The van der Waals surface area contributed by atoms with Gasteiger partial charge in [-0.1, -0.05) is 69.0 Å². The minimum Gasteiger partial charge on any atom is -0.477 e. The number of hydrazine groups is 1. The molecule has 1 unspecified atom stereocenters. The summed E-state index contributed by atoms with van der Waals surface area (Å²) in [4.78, 5) is 25.5. The van der Waals surface area contributed by atoms with Gasteiger partial charge in [0.25, 0.3) is 5.24 Å². The van der Waals surface area contributed by atoms with E-state index in [4.69, 9.17) is 4.43 Å². The summed E-state index contributed by atoms with van der Waals surface area (Å²) < 4.78 is 7.01. The number of thiophene rings is 2. The van der Waals surface area contributed by atoms with Crippen LogP contribution in [0.15, 0.2) is 53.2 Å². The minimum absolute atomic E-state index is 0.0314. The second-order valence-electron chi connectivity index (χ2n) is 12.1. The van der Waals surface area contributed by atoms with E-state index >= 15 is 0 Å². The Bertz CT molecular complexity index is 1360. The number of carboxylic acid groups (broad SMARTS) is 1. The molecular formula is C32H42N2O4S3Si. The number of thioether (sulfide) groups is 1. The molecule has 42 heavy (non-hydrogen) atoms. The van der Waals surface area contributed by atoms with E-state index < -0.39 is 14.3 Å². The molecule has 1 amide bonds. The number of carboxylic acids is 1. The summed E-state index contributed by atoms with van der Waals surface area (Å²) >= 11 is 4.34. The predicted octanol–water partition coefficient (Wildman–Crippen LogP) is 8.63. The third kappa shape index (κ3) is 9.14. The lowest BCUT2D eigenvalue weighted by atomic mass is 10.0. The van der Waals surface area contributed by atoms with Crippen LogP contribution in [0, 0.1) is 0 Å². The highest BCUT2D eigenvalue weighted by atomic mass is 32.2. The molecule has 226 valence electrons. The number of carbonyl (C=O) groups excluding carboxylic acids is 1. The van der Waals surface area contributed by atoms with Gasteiger partial charge in [0.05, 0.1) is 6.10 Å². The van der Waals surface area contributed by atoms with Crippen molar-refractivity contribution in [1.29, 1.82) is 0 Å². The second-order valence-corrected chi connectivity index (χ2v) is 19.9. The summed E-state index contributed by atoms with van der Waals surface area (Å²) in [6.07, 6.45) is 6.61. The molecule has 0 aliphatic carbocycles. The van der Waals surface area contributed by atoms with E-state index in [-0.39, 0.29) is 16.4 Å². The number of hydrogen-bond acceptors (Lipinski definition) is 7. The molecule has 0 radical (unpaired) electrons. The number of hydrogen-bond donors (Lipinski definition) is 1. The fourth-order valence-corrected chi connectivity index (χ4v) is 8.28. The zero-order valence-corrected chi connectivity index (χ0v) is 28.6. The van der Waals surface area contributed by atoms with Gasteiger partial charge in [0.2, 0.25) is 0 Å². The van der Waals surface area contributed by atoms with Gasteiger partial charge in [0, 0.05) is 36.7 Å². The molecule has 10 heteroatoms. The van der Waals surface area contributed by atoms with Crippen molar-refractivity contribution >= 4 is 66.1 Å². The summed E-state index contributed by atoms with van der Waals surface area (Å²) in [6.45, 7) is 13.5. The Kier molecular flexibility index (Phi) is 11.3. The second kappa shape index (κ2) is 14.5. The van der Waals surface area contributed by atoms with Crippen LogP contribution in [-0.4, -0.2) is 66.1 Å². The molecule has 3 aromatic rings. The number of nitrogens with zero attached hydrogens (tertiary/aromatic N) is 2. The number of carbonyl (C=O) groups is 2. The lowest BCUT2D eigenvalue weighted by Crippen LogP contribution is -2.51. The zero-order chi connectivity index (χ0) is 30.3. The van der Waals surface area contributed by atoms with E-state index in [9.17, 15) is 14.7 Å². The Morgan fingerprint density at radius 1 is 1.12 bits per heavy atom. The van der Waals surface area contributed by atoms with Gasteiger partial charge in [-0.05, 0) is 76.6 Å². The molecule has 1 aliphatic heterocycles. The van der Waals surface area contributed by atoms with E-state index in [0.717, 1.165) is 36.6 Å². The van der Waals surface area contributed by atoms with Gasteiger partial charge in [-0.25, -0.2) is 9.80 Å². The molecule has 2 aromatic heterocycles. The molecule has 3 heterocycles. The molecule has 1 N–H and O–H groups in total. The van der Waals surface area contributed by atoms with E-state index in [0.29, 0.717) is 17.8 Å². The summed E-state index contributed by atoms with van der Waals surface area (Å²) in [7, 11) is -2.03. The molecule has 1 fully saturated rings. The first-order valence-corrected chi connectivity index (χ1v) is 20.0. The Morgan fingerprint density at radius 2 is 1.90 bits per heavy atom. The fourth-order valence-electron chi connectivity index (χ4n) is 4.60. The van der Waals surface area contributed by atoms with E-state index in [1.54, 1.807) is 17.4 Å². The summed E-state index contributed by atoms with van der Waals surface area (Å²) in [5.41, 5.74) is 3.64. The minimum atomic E-state index is -2.03. The van der Waals surface area contributed by atoms with Crippen molar-refractivity contribution in [2.45, 2.75) is 64.3 Å². The van der Waals surface area contributed by atoms with Gasteiger partial charge >= 0.3 is 5.97 Å². The van der Waals surface area contributed by atoms with Crippen LogP contribution >= 0.6 is 34.4 Å². The maximum absolute atomic E-state index is 12.9. The lowest BCUT2D eigenvalue weighted by Gasteiger charge is -2.41. The van der Waals surface area contributed by atoms with Gasteiger partial charge < -0.3 is 9.53 Å². The molecule has 1 atom stereocenters. The third-order valence-electron chi connectivity index (χ3n) is 7.97. The standard InChI is InChI=1S/C32H42N2O4S3Si/c1-32(2,3)42(4,5)38-27(22-26-8-6-7-24(21-26)9-10-25-15-19-39-23-25)13-16-33-18-20-40-31(37)34(33)17-14-28-11-12-29(41-28)30(35)36/h6-12,15,19,21,23,27H,13-14,16-18,20,22H2,1-5H3,(H,35,36). The largest absolute Gasteiger partial charge is 0.477 e. The van der Waals surface area contributed by atoms with Crippen molar-refractivity contribution in [2.24, 2.45) is 0 Å². The molecule has 0 saturated carbocycles. The molecule has 1 aromatic carbocycles. The molecule has 1 saturated heterocycles. The van der Waals surface area contributed by atoms with Crippen molar-refractivity contribution in [2.75, 3.05) is 25.4 Å². The predicted molar refractivity (Wildman–Crippen MR) is 181 cm³/mol. The maximum Gasteiger partial charge on any atom is 0.345 e. The molecule has 1 aliphatic rings. The van der Waals surface area contributed by atoms with Gasteiger partial charge in [-0.15, -0.1) is 11.3 Å². The molecule has 6 nitrogen and oxygen atoms in total. The Labute approximate surface area is 263 Å². The Morgan fingerprint density at radius 3 is 2.60 bits per heavy atom. The Hall–Kier alpha value is -2.21. The van der Waals surface area contributed by atoms with Crippen LogP contribution in [0.1, 0.15) is 58.4 Å². The van der Waals surface area contributed by atoms with Crippen molar-refractivity contribution < 1.29 is 19.1 Å². The van der Waals surface area contributed by atoms with Gasteiger partial charge in [-0.3, -0.25) is 9.80 Å². The molecule has 0 spiro atoms. The maximum atomic E-state index is 12.9. The van der Waals surface area contributed by atoms with Crippen LogP contribution in [0.25, 0.3) is 12.2 Å². The van der Waals surface area contributed by atoms with Crippen molar-refractivity contribution in [1.82, 2.24) is 10.0 Å². The Balaban J connectivity index is 1.46. The number of benzene rings is 1. The normalized spacial score (nSPS) is 15.9. The lowest BCUT2D eigenvalue weighted by molar-refractivity contribution is 0.0161. The third-order valence-corrected chi connectivity index (χ3v) is 15.2. The highest BCUT2D eigenvalue weighted by Gasteiger charge is 2.39. The van der Waals surface area contributed by atoms with Crippen molar-refractivity contribution in [3.8, 4) is 0 Å². The average Bonchev–Trinajstić information content (AvgIpc) is 3.62. The van der Waals surface area contributed by atoms with Gasteiger partial charge in [-0.2, -0.15) is 11.3 Å². The van der Waals surface area contributed by atoms with Crippen molar-refractivity contribution in [3.05, 3.63) is 79.7 Å². The van der Waals surface area contributed by atoms with E-state index in [1.807, 2.05) is 11.1 Å². The summed E-state index contributed by atoms with van der Waals surface area (Å²) in [5, 5.41) is 17.7. The van der Waals surface area contributed by atoms with E-state index in [1.165, 1.54) is 39.8 Å². The van der Waals surface area contributed by atoms with Crippen LogP contribution in [-0.2, 0) is 17.3 Å². The zero-order valence-electron chi connectivity index (χ0n) is 25.2. The average molecular weight is 643 g/mol. The van der Waals surface area contributed by atoms with Crippen LogP contribution in [0.5, 0.6) is 0 Å². The first-order chi connectivity index (χ1) is 19.9. The summed E-state index contributed by atoms with van der Waals surface area (Å²) in [5.74, 6) is -0.140. The first kappa shape index (κ1) is 32.7. The van der Waals surface area contributed by atoms with Crippen LogP contribution in [0.4, 0.5) is 4.79 Å². The smallest absolute Gasteiger partial charge is 0.345 e. The van der Waals surface area contributed by atoms with Crippen LogP contribution in [0.2, 0.25) is 18.1 Å². The van der Waals surface area contributed by atoms with Crippen molar-refractivity contribution in [3.63, 3.8) is 0 Å². The number of aromatic carboxylic acids is 1. The van der Waals surface area contributed by atoms with Crippen LogP contribution in [0.3, 0.4) is 0 Å². The summed E-state index contributed by atoms with van der Waals surface area (Å²) in [6, 6.07) is 14.3. The SMILES string of the molecule is CC(C)(C)[Si](C)(C)OC(CCN1CCSC(=O)N1CCc1ccc(C(=O)O)s1)Cc1cccc(C=Cc2ccsc2)c1. The highest BCUT2D eigenvalue weighted by Crippen LogP contribution is 2.38. The first-order valence-electron chi connectivity index (χ1n) is 14.4. The fraction of sp³-hybridized carbons (Fsp3) is 0.438. The quantitative estimate of drug-likeness (QED) is 0.188. The van der Waals surface area contributed by atoms with Gasteiger partial charge in [0.1, 0.15) is 4.88 Å². The monoisotopic (exact) mass is 642 g/mol. The molecule has 4 rings (SSSR count). The highest BCUT2D eigenvalue weighted by molar-refractivity contribution is 8.13. The van der Waals surface area contributed by atoms with Crippen LogP contribution < -0.4 is 0 Å². The van der Waals surface area contributed by atoms with E-state index in [2.05, 4.69) is 92.1 Å². The topological polar surface area (TPSA) is 70.1 Å².